The number of rotatable bonds is 10. The molecule has 7 rings (SSSR count). The van der Waals surface area contributed by atoms with Gasteiger partial charge in [-0.25, -0.2) is 4.79 Å². The lowest BCUT2D eigenvalue weighted by Gasteiger charge is -2.29. The highest BCUT2D eigenvalue weighted by Crippen LogP contribution is 2.32. The second-order valence-electron chi connectivity index (χ2n) is 14.3. The quantitative estimate of drug-likeness (QED) is 0.143. The molecular weight excluding hydrogens is 662 g/mol. The maximum absolute atomic E-state index is 13.7. The summed E-state index contributed by atoms with van der Waals surface area (Å²) in [6.45, 7) is 3.53. The molecule has 0 spiro atoms. The van der Waals surface area contributed by atoms with Crippen molar-refractivity contribution in [3.8, 4) is 11.1 Å². The number of likely N-dealkylation sites (tertiary alicyclic amines) is 1. The molecule has 13 heteroatoms. The highest BCUT2D eigenvalue weighted by Gasteiger charge is 2.45. The van der Waals surface area contributed by atoms with Gasteiger partial charge in [0.05, 0.1) is 11.7 Å². The van der Waals surface area contributed by atoms with Crippen molar-refractivity contribution < 1.29 is 29.1 Å². The Kier molecular flexibility index (Phi) is 9.92. The van der Waals surface area contributed by atoms with Crippen LogP contribution in [0.4, 0.5) is 10.5 Å². The van der Waals surface area contributed by atoms with E-state index in [-0.39, 0.29) is 47.8 Å². The number of carbonyl (C=O) groups excluding carboxylic acids is 4. The van der Waals surface area contributed by atoms with Crippen LogP contribution in [0.5, 0.6) is 0 Å². The van der Waals surface area contributed by atoms with Crippen LogP contribution in [-0.2, 0) is 20.8 Å². The van der Waals surface area contributed by atoms with Gasteiger partial charge in [-0.3, -0.25) is 24.3 Å². The number of aromatic nitrogens is 2. The third-order valence-corrected chi connectivity index (χ3v) is 10.9. The maximum Gasteiger partial charge on any atom is 0.404 e. The summed E-state index contributed by atoms with van der Waals surface area (Å²) in [4.78, 5) is 65.6. The summed E-state index contributed by atoms with van der Waals surface area (Å²) in [5.41, 5.74) is 5.62. The van der Waals surface area contributed by atoms with E-state index in [9.17, 15) is 24.0 Å². The molecule has 6 N–H and O–H groups in total. The first-order valence-corrected chi connectivity index (χ1v) is 17.9. The van der Waals surface area contributed by atoms with Gasteiger partial charge in [-0.2, -0.15) is 5.10 Å². The zero-order valence-corrected chi connectivity index (χ0v) is 29.0. The van der Waals surface area contributed by atoms with Gasteiger partial charge >= 0.3 is 6.09 Å². The Labute approximate surface area is 300 Å². The number of nitrogens with zero attached hydrogens (tertiary/aromatic N) is 2. The monoisotopic (exact) mass is 705 g/mol. The number of nitrogens with one attached hydrogen (secondary N) is 5. The first-order valence-electron chi connectivity index (χ1n) is 17.9. The topological polar surface area (TPSA) is 186 Å². The largest absolute Gasteiger partial charge is 0.465 e. The molecule has 4 aromatic rings. The first-order chi connectivity index (χ1) is 25.1. The van der Waals surface area contributed by atoms with Gasteiger partial charge in [0.1, 0.15) is 12.1 Å². The predicted octanol–water partition coefficient (Wildman–Crippen LogP) is 4.24. The van der Waals surface area contributed by atoms with Crippen molar-refractivity contribution in [3.05, 3.63) is 83.6 Å². The minimum atomic E-state index is -1.05. The molecule has 1 saturated carbocycles. The summed E-state index contributed by atoms with van der Waals surface area (Å²) >= 11 is 0. The summed E-state index contributed by atoms with van der Waals surface area (Å²) in [7, 11) is 0. The number of carboxylic acid groups (broad SMARTS) is 1. The molecule has 1 aromatic heterocycles. The predicted molar refractivity (Wildman–Crippen MR) is 194 cm³/mol. The van der Waals surface area contributed by atoms with Crippen molar-refractivity contribution in [1.82, 2.24) is 31.0 Å². The van der Waals surface area contributed by atoms with E-state index in [4.69, 9.17) is 5.11 Å². The molecule has 2 aliphatic heterocycles. The van der Waals surface area contributed by atoms with Gasteiger partial charge in [-0.15, -0.1) is 0 Å². The van der Waals surface area contributed by atoms with E-state index in [2.05, 4.69) is 31.5 Å². The van der Waals surface area contributed by atoms with Crippen LogP contribution in [-0.4, -0.2) is 81.6 Å². The zero-order valence-electron chi connectivity index (χ0n) is 29.0. The lowest BCUT2D eigenvalue weighted by atomic mass is 9.81. The van der Waals surface area contributed by atoms with Gasteiger partial charge in [-0.1, -0.05) is 30.3 Å². The van der Waals surface area contributed by atoms with Gasteiger partial charge in [-0.05, 0) is 97.5 Å². The van der Waals surface area contributed by atoms with Crippen LogP contribution in [0.15, 0.2) is 66.9 Å². The summed E-state index contributed by atoms with van der Waals surface area (Å²) in [6.07, 6.45) is 4.43. The molecule has 52 heavy (non-hydrogen) atoms. The molecule has 3 fully saturated rings. The Bertz CT molecular complexity index is 2000. The Morgan fingerprint density at radius 3 is 2.52 bits per heavy atom. The molecule has 3 aliphatic rings. The first kappa shape index (κ1) is 34.7. The van der Waals surface area contributed by atoms with Crippen molar-refractivity contribution in [1.29, 1.82) is 0 Å². The molecule has 0 bridgehead atoms. The number of aromatic amines is 1. The van der Waals surface area contributed by atoms with Crippen LogP contribution in [0.2, 0.25) is 0 Å². The number of amides is 5. The van der Waals surface area contributed by atoms with Crippen LogP contribution in [0.1, 0.15) is 53.6 Å². The number of anilines is 1. The number of hydrogen-bond acceptors (Lipinski definition) is 6. The second kappa shape index (κ2) is 14.9. The minimum absolute atomic E-state index is 0.0749. The number of aryl methyl sites for hydroxylation is 1. The smallest absolute Gasteiger partial charge is 0.404 e. The van der Waals surface area contributed by atoms with Crippen LogP contribution < -0.4 is 21.3 Å². The van der Waals surface area contributed by atoms with E-state index in [1.165, 1.54) is 0 Å². The van der Waals surface area contributed by atoms with Crippen LogP contribution >= 0.6 is 0 Å². The van der Waals surface area contributed by atoms with Crippen molar-refractivity contribution in [2.45, 2.75) is 57.5 Å². The highest BCUT2D eigenvalue weighted by atomic mass is 16.4. The average molecular weight is 706 g/mol. The Balaban J connectivity index is 1.04. The normalized spacial score (nSPS) is 21.6. The van der Waals surface area contributed by atoms with Crippen molar-refractivity contribution in [2.24, 2.45) is 17.8 Å². The second-order valence-corrected chi connectivity index (χ2v) is 14.3. The SMILES string of the molecule is Cc1cc(C(=O)N2CCC3CNC(=O)C32)ccc1-c1ccc(C[C@H](NC(=O)C2CCC(CNC(=O)O)CC2)C(=O)Nc2ccc3cn[nH]c3c2)cc1. The molecule has 2 unspecified atom stereocenters. The third-order valence-electron chi connectivity index (χ3n) is 10.9. The van der Waals surface area contributed by atoms with Crippen molar-refractivity contribution >= 4 is 46.3 Å². The standard InChI is InChI=1S/C39H43N7O6/c1-22-16-27(38(50)46-15-14-29-20-40-37(49)34(29)46)11-13-31(22)25-6-2-23(3-7-25)17-33(36(48)43-30-12-10-28-21-42-45-32(28)18-30)44-35(47)26-8-4-24(5-9-26)19-41-39(51)52/h2-3,6-7,10-13,16,18,21,24,26,29,33-34,41H,4-5,8-9,14-15,17,19-20H2,1H3,(H,40,49)(H,42,45)(H,43,48)(H,44,47)(H,51,52)/t24?,26?,29?,33-,34?/m0/s1. The van der Waals surface area contributed by atoms with Gasteiger partial charge in [0.15, 0.2) is 0 Å². The summed E-state index contributed by atoms with van der Waals surface area (Å²) in [5.74, 6) is -0.638. The number of H-pyrrole nitrogens is 1. The van der Waals surface area contributed by atoms with E-state index in [1.54, 1.807) is 23.2 Å². The van der Waals surface area contributed by atoms with Crippen molar-refractivity contribution in [2.75, 3.05) is 25.0 Å². The molecule has 3 heterocycles. The van der Waals surface area contributed by atoms with Crippen LogP contribution in [0, 0.1) is 24.7 Å². The number of benzene rings is 3. The summed E-state index contributed by atoms with van der Waals surface area (Å²) < 4.78 is 0. The summed E-state index contributed by atoms with van der Waals surface area (Å²) in [6, 6.07) is 17.7. The molecule has 270 valence electrons. The van der Waals surface area contributed by atoms with Gasteiger partial charge in [0.2, 0.25) is 17.7 Å². The zero-order chi connectivity index (χ0) is 36.4. The Morgan fingerprint density at radius 1 is 0.981 bits per heavy atom. The molecule has 2 saturated heterocycles. The van der Waals surface area contributed by atoms with Crippen molar-refractivity contribution in [3.63, 3.8) is 0 Å². The fourth-order valence-corrected chi connectivity index (χ4v) is 7.94. The number of fused-ring (bicyclic) bond motifs is 2. The van der Waals surface area contributed by atoms with Gasteiger partial charge in [0.25, 0.3) is 5.91 Å². The van der Waals surface area contributed by atoms with E-state index in [0.717, 1.165) is 52.4 Å². The van der Waals surface area contributed by atoms with Gasteiger partial charge < -0.3 is 31.3 Å². The Hall–Kier alpha value is -5.72. The Morgan fingerprint density at radius 2 is 1.77 bits per heavy atom. The molecule has 1 aliphatic carbocycles. The number of hydrogen-bond donors (Lipinski definition) is 6. The molecule has 0 radical (unpaired) electrons. The lowest BCUT2D eigenvalue weighted by Crippen LogP contribution is -2.48. The highest BCUT2D eigenvalue weighted by molar-refractivity contribution is 6.00. The maximum atomic E-state index is 13.7. The average Bonchev–Trinajstić information content (AvgIpc) is 3.88. The van der Waals surface area contributed by atoms with Crippen LogP contribution in [0.3, 0.4) is 0 Å². The lowest BCUT2D eigenvalue weighted by molar-refractivity contribution is -0.130. The molecule has 5 amide bonds. The number of carbonyl (C=O) groups is 5. The molecule has 3 aromatic carbocycles. The molecular formula is C39H43N7O6. The minimum Gasteiger partial charge on any atom is -0.465 e. The van der Waals surface area contributed by atoms with Gasteiger partial charge in [0, 0.05) is 54.5 Å². The van der Waals surface area contributed by atoms with E-state index < -0.39 is 18.2 Å². The van der Waals surface area contributed by atoms with E-state index in [1.807, 2.05) is 55.5 Å². The van der Waals surface area contributed by atoms with E-state index >= 15 is 0 Å². The fraction of sp³-hybridized carbons (Fsp3) is 0.385. The van der Waals surface area contributed by atoms with Crippen LogP contribution in [0.25, 0.3) is 22.0 Å². The third kappa shape index (κ3) is 7.48. The summed E-state index contributed by atoms with van der Waals surface area (Å²) in [5, 5.41) is 28.1. The molecule has 13 nitrogen and oxygen atoms in total. The van der Waals surface area contributed by atoms with E-state index in [0.29, 0.717) is 43.7 Å². The fourth-order valence-electron chi connectivity index (χ4n) is 7.94. The molecule has 3 atom stereocenters.